The Balaban J connectivity index is 2.15. The summed E-state index contributed by atoms with van der Waals surface area (Å²) in [7, 11) is 0. The molecule has 2 aromatic heterocycles. The number of thiazole rings is 1. The third-order valence-corrected chi connectivity index (χ3v) is 3.53. The summed E-state index contributed by atoms with van der Waals surface area (Å²) in [6.07, 6.45) is 1.84. The van der Waals surface area contributed by atoms with Crippen LogP contribution >= 0.6 is 22.9 Å². The van der Waals surface area contributed by atoms with Crippen LogP contribution in [0.3, 0.4) is 0 Å². The van der Waals surface area contributed by atoms with Gasteiger partial charge in [0, 0.05) is 17.4 Å². The van der Waals surface area contributed by atoms with E-state index in [1.807, 2.05) is 17.8 Å². The summed E-state index contributed by atoms with van der Waals surface area (Å²) in [5.41, 5.74) is 3.71. The fourth-order valence-corrected chi connectivity index (χ4v) is 2.28. The van der Waals surface area contributed by atoms with Crippen molar-refractivity contribution < 1.29 is 0 Å². The highest BCUT2D eigenvalue weighted by Gasteiger charge is 2.09. The van der Waals surface area contributed by atoms with Crippen molar-refractivity contribution in [2.75, 3.05) is 5.32 Å². The lowest BCUT2D eigenvalue weighted by molar-refractivity contribution is 0.829. The average Bonchev–Trinajstić information content (AvgIpc) is 2.85. The van der Waals surface area contributed by atoms with Crippen LogP contribution < -0.4 is 5.32 Å². The summed E-state index contributed by atoms with van der Waals surface area (Å²) in [5.74, 6) is 1.58. The van der Waals surface area contributed by atoms with Crippen LogP contribution in [0, 0.1) is 6.92 Å². The molecule has 2 heterocycles. The summed E-state index contributed by atoms with van der Waals surface area (Å²) in [6.45, 7) is 4.67. The smallest absolute Gasteiger partial charge is 0.137 e. The average molecular weight is 283 g/mol. The Morgan fingerprint density at radius 2 is 2.22 bits per heavy atom. The second-order valence-corrected chi connectivity index (χ2v) is 5.06. The van der Waals surface area contributed by atoms with Crippen LogP contribution in [-0.2, 0) is 13.0 Å². The molecule has 0 aliphatic rings. The van der Waals surface area contributed by atoms with Crippen molar-refractivity contribution in [3.8, 4) is 0 Å². The lowest BCUT2D eigenvalue weighted by Gasteiger charge is -2.10. The zero-order valence-corrected chi connectivity index (χ0v) is 12.0. The van der Waals surface area contributed by atoms with Gasteiger partial charge in [-0.15, -0.1) is 11.3 Å². The van der Waals surface area contributed by atoms with Gasteiger partial charge in [-0.2, -0.15) is 0 Å². The van der Waals surface area contributed by atoms with Gasteiger partial charge < -0.3 is 5.32 Å². The van der Waals surface area contributed by atoms with Crippen LogP contribution in [0.5, 0.6) is 0 Å². The van der Waals surface area contributed by atoms with Crippen LogP contribution in [0.1, 0.15) is 30.4 Å². The number of nitrogens with zero attached hydrogens (tertiary/aromatic N) is 3. The monoisotopic (exact) mass is 282 g/mol. The molecule has 4 nitrogen and oxygen atoms in total. The molecule has 0 fully saturated rings. The van der Waals surface area contributed by atoms with E-state index in [0.717, 1.165) is 35.7 Å². The Labute approximate surface area is 115 Å². The normalized spacial score (nSPS) is 10.6. The number of hydrogen-bond acceptors (Lipinski definition) is 5. The van der Waals surface area contributed by atoms with Crippen molar-refractivity contribution >= 4 is 28.8 Å². The molecular weight excluding hydrogens is 268 g/mol. The molecule has 2 aromatic rings. The molecule has 0 saturated heterocycles. The fraction of sp³-hybridized carbons (Fsp3) is 0.417. The number of aromatic nitrogens is 3. The number of aryl methyl sites for hydroxylation is 1. The van der Waals surface area contributed by atoms with Crippen LogP contribution in [0.25, 0.3) is 0 Å². The first-order valence-corrected chi connectivity index (χ1v) is 7.16. The molecule has 0 aliphatic heterocycles. The summed E-state index contributed by atoms with van der Waals surface area (Å²) in [5, 5.41) is 5.80. The lowest BCUT2D eigenvalue weighted by atomic mass is 10.3. The summed E-state index contributed by atoms with van der Waals surface area (Å²) in [4.78, 5) is 13.0. The van der Waals surface area contributed by atoms with E-state index in [4.69, 9.17) is 11.6 Å². The number of halogens is 1. The minimum Gasteiger partial charge on any atom is -0.364 e. The topological polar surface area (TPSA) is 50.7 Å². The maximum Gasteiger partial charge on any atom is 0.137 e. The standard InChI is InChI=1S/C12H15ClN4S/c1-3-4-10-16-11(13)8(2)12(17-10)14-5-9-6-18-7-15-9/h6-7H,3-5H2,1-2H3,(H,14,16,17). The van der Waals surface area contributed by atoms with E-state index in [1.165, 1.54) is 0 Å². The van der Waals surface area contributed by atoms with Gasteiger partial charge in [-0.05, 0) is 13.3 Å². The first-order valence-electron chi connectivity index (χ1n) is 5.84. The van der Waals surface area contributed by atoms with Crippen molar-refractivity contribution in [3.63, 3.8) is 0 Å². The second-order valence-electron chi connectivity index (χ2n) is 3.99. The molecule has 96 valence electrons. The molecule has 0 unspecified atom stereocenters. The second kappa shape index (κ2) is 6.11. The Morgan fingerprint density at radius 3 is 2.89 bits per heavy atom. The molecule has 0 bridgehead atoms. The van der Waals surface area contributed by atoms with Gasteiger partial charge in [-0.25, -0.2) is 15.0 Å². The Kier molecular flexibility index (Phi) is 4.49. The summed E-state index contributed by atoms with van der Waals surface area (Å²) >= 11 is 7.69. The van der Waals surface area contributed by atoms with E-state index < -0.39 is 0 Å². The number of anilines is 1. The van der Waals surface area contributed by atoms with E-state index in [9.17, 15) is 0 Å². The van der Waals surface area contributed by atoms with Crippen molar-refractivity contribution in [3.05, 3.63) is 33.1 Å². The zero-order chi connectivity index (χ0) is 13.0. The van der Waals surface area contributed by atoms with Gasteiger partial charge in [-0.3, -0.25) is 0 Å². The molecule has 1 N–H and O–H groups in total. The largest absolute Gasteiger partial charge is 0.364 e. The predicted molar refractivity (Wildman–Crippen MR) is 75.2 cm³/mol. The van der Waals surface area contributed by atoms with Gasteiger partial charge in [-0.1, -0.05) is 18.5 Å². The Hall–Kier alpha value is -1.20. The van der Waals surface area contributed by atoms with Gasteiger partial charge >= 0.3 is 0 Å². The van der Waals surface area contributed by atoms with E-state index in [0.29, 0.717) is 11.7 Å². The lowest BCUT2D eigenvalue weighted by Crippen LogP contribution is -2.07. The van der Waals surface area contributed by atoms with Crippen LogP contribution in [0.15, 0.2) is 10.9 Å². The van der Waals surface area contributed by atoms with E-state index >= 15 is 0 Å². The molecule has 0 saturated carbocycles. The number of hydrogen-bond donors (Lipinski definition) is 1. The molecule has 0 aliphatic carbocycles. The minimum atomic E-state index is 0.522. The SMILES string of the molecule is CCCc1nc(Cl)c(C)c(NCc2cscn2)n1. The van der Waals surface area contributed by atoms with E-state index in [2.05, 4.69) is 27.2 Å². The first kappa shape index (κ1) is 13.2. The Bertz CT molecular complexity index is 513. The zero-order valence-electron chi connectivity index (χ0n) is 10.4. The summed E-state index contributed by atoms with van der Waals surface area (Å²) < 4.78 is 0. The third-order valence-electron chi connectivity index (χ3n) is 2.53. The van der Waals surface area contributed by atoms with Crippen LogP contribution in [0.4, 0.5) is 5.82 Å². The fourth-order valence-electron chi connectivity index (χ4n) is 1.54. The number of nitrogens with one attached hydrogen (secondary N) is 1. The number of rotatable bonds is 5. The molecule has 0 spiro atoms. The minimum absolute atomic E-state index is 0.522. The van der Waals surface area contributed by atoms with E-state index in [1.54, 1.807) is 11.3 Å². The molecule has 0 aromatic carbocycles. The molecule has 2 rings (SSSR count). The molecule has 6 heteroatoms. The van der Waals surface area contributed by atoms with Crippen molar-refractivity contribution in [2.45, 2.75) is 33.2 Å². The first-order chi connectivity index (χ1) is 8.70. The van der Waals surface area contributed by atoms with Crippen molar-refractivity contribution in [2.24, 2.45) is 0 Å². The van der Waals surface area contributed by atoms with Crippen molar-refractivity contribution in [1.29, 1.82) is 0 Å². The highest BCUT2D eigenvalue weighted by molar-refractivity contribution is 7.07. The van der Waals surface area contributed by atoms with Gasteiger partial charge in [0.25, 0.3) is 0 Å². The highest BCUT2D eigenvalue weighted by Crippen LogP contribution is 2.20. The van der Waals surface area contributed by atoms with Gasteiger partial charge in [0.05, 0.1) is 17.7 Å². The van der Waals surface area contributed by atoms with Crippen molar-refractivity contribution in [1.82, 2.24) is 15.0 Å². The van der Waals surface area contributed by atoms with Crippen LogP contribution in [0.2, 0.25) is 5.15 Å². The predicted octanol–water partition coefficient (Wildman–Crippen LogP) is 3.46. The summed E-state index contributed by atoms with van der Waals surface area (Å²) in [6, 6.07) is 0. The maximum atomic E-state index is 6.11. The van der Waals surface area contributed by atoms with Gasteiger partial charge in [0.15, 0.2) is 0 Å². The molecule has 0 amide bonds. The molecule has 0 atom stereocenters. The van der Waals surface area contributed by atoms with Gasteiger partial charge in [0.1, 0.15) is 16.8 Å². The third kappa shape index (κ3) is 3.17. The highest BCUT2D eigenvalue weighted by atomic mass is 35.5. The maximum absolute atomic E-state index is 6.11. The molecule has 18 heavy (non-hydrogen) atoms. The molecule has 0 radical (unpaired) electrons. The van der Waals surface area contributed by atoms with E-state index in [-0.39, 0.29) is 0 Å². The quantitative estimate of drug-likeness (QED) is 0.853. The van der Waals surface area contributed by atoms with Gasteiger partial charge in [0.2, 0.25) is 0 Å². The van der Waals surface area contributed by atoms with Crippen LogP contribution in [-0.4, -0.2) is 15.0 Å². The molecular formula is C12H15ClN4S. The Morgan fingerprint density at radius 1 is 1.39 bits per heavy atom.